The molecular formula is C43H35FN8O3. The Hall–Kier alpha value is -7.21. The molecule has 12 heteroatoms. The standard InChI is InChI=1S/C43H35FN8O3/c44-35-19-11-10-12-31(35)26-51-41(54)39-40(48-37(47-39)25-30-22-20-29(21-23-30)24-36(45)53)50(42(51)55)27-38-46-28-52(49-38)43(32-13-4-1-5-14-32,33-15-6-2-7-16-33)34-17-8-3-9-18-34/h1-23,28H,24-27H2,(H2,45,53)(H,47,48). The van der Waals surface area contributed by atoms with Crippen LogP contribution in [-0.2, 0) is 36.3 Å². The number of rotatable bonds is 12. The third-order valence-corrected chi connectivity index (χ3v) is 9.73. The number of hydrogen-bond acceptors (Lipinski definition) is 6. The molecule has 55 heavy (non-hydrogen) atoms. The smallest absolute Gasteiger partial charge is 0.333 e. The van der Waals surface area contributed by atoms with Crippen molar-refractivity contribution in [1.82, 2.24) is 33.9 Å². The normalized spacial score (nSPS) is 11.6. The molecule has 0 saturated heterocycles. The van der Waals surface area contributed by atoms with Gasteiger partial charge in [0.05, 0.1) is 19.5 Å². The van der Waals surface area contributed by atoms with Crippen LogP contribution in [0.15, 0.2) is 155 Å². The second-order valence-electron chi connectivity index (χ2n) is 13.3. The van der Waals surface area contributed by atoms with Crippen LogP contribution in [0, 0.1) is 5.82 Å². The van der Waals surface area contributed by atoms with E-state index in [9.17, 15) is 18.8 Å². The number of hydrogen-bond donors (Lipinski definition) is 2. The number of amides is 1. The first-order chi connectivity index (χ1) is 26.8. The molecule has 0 fully saturated rings. The summed E-state index contributed by atoms with van der Waals surface area (Å²) < 4.78 is 19.0. The summed E-state index contributed by atoms with van der Waals surface area (Å²) in [6, 6.07) is 43.4. The SMILES string of the molecule is NC(=O)Cc1ccc(Cc2nc3c([nH]2)c(=O)n(Cc2ccccc2F)c(=O)n3Cc2ncn(C(c3ccccc3)(c3ccccc3)c3ccccc3)n2)cc1. The van der Waals surface area contributed by atoms with E-state index in [4.69, 9.17) is 20.8 Å². The third-order valence-electron chi connectivity index (χ3n) is 9.73. The van der Waals surface area contributed by atoms with E-state index < -0.39 is 28.5 Å². The molecule has 0 atom stereocenters. The van der Waals surface area contributed by atoms with Gasteiger partial charge in [-0.25, -0.2) is 23.8 Å². The number of imidazole rings is 1. The molecule has 0 aliphatic carbocycles. The zero-order valence-corrected chi connectivity index (χ0v) is 29.5. The van der Waals surface area contributed by atoms with E-state index in [1.54, 1.807) is 23.1 Å². The van der Waals surface area contributed by atoms with Crippen molar-refractivity contribution < 1.29 is 9.18 Å². The highest BCUT2D eigenvalue weighted by atomic mass is 19.1. The maximum absolute atomic E-state index is 14.9. The molecule has 11 nitrogen and oxygen atoms in total. The highest BCUT2D eigenvalue weighted by molar-refractivity contribution is 5.76. The minimum Gasteiger partial charge on any atom is -0.369 e. The Bertz CT molecular complexity index is 2640. The van der Waals surface area contributed by atoms with Crippen LogP contribution in [0.1, 0.15) is 45.0 Å². The van der Waals surface area contributed by atoms with Gasteiger partial charge in [0.2, 0.25) is 5.91 Å². The van der Waals surface area contributed by atoms with Crippen molar-refractivity contribution in [1.29, 1.82) is 0 Å². The molecule has 3 aromatic heterocycles. The molecule has 0 aliphatic rings. The summed E-state index contributed by atoms with van der Waals surface area (Å²) in [4.78, 5) is 52.3. The average molecular weight is 731 g/mol. The molecule has 1 amide bonds. The number of fused-ring (bicyclic) bond motifs is 1. The van der Waals surface area contributed by atoms with E-state index in [0.29, 0.717) is 18.1 Å². The lowest BCUT2D eigenvalue weighted by atomic mass is 9.77. The summed E-state index contributed by atoms with van der Waals surface area (Å²) in [6.45, 7) is -0.433. The fraction of sp³-hybridized carbons (Fsp3) is 0.116. The Morgan fingerprint density at radius 3 is 1.85 bits per heavy atom. The van der Waals surface area contributed by atoms with Crippen LogP contribution >= 0.6 is 0 Å². The summed E-state index contributed by atoms with van der Waals surface area (Å²) in [5, 5.41) is 5.04. The summed E-state index contributed by atoms with van der Waals surface area (Å²) in [7, 11) is 0. The molecular weight excluding hydrogens is 696 g/mol. The fourth-order valence-corrected chi connectivity index (χ4v) is 7.15. The number of carbonyl (C=O) groups excluding carboxylic acids is 1. The Balaban J connectivity index is 1.26. The lowest BCUT2D eigenvalue weighted by molar-refractivity contribution is -0.117. The Labute approximate surface area is 314 Å². The molecule has 0 spiro atoms. The number of H-pyrrole nitrogens is 1. The summed E-state index contributed by atoms with van der Waals surface area (Å²) in [5.41, 5.74) is 7.95. The third kappa shape index (κ3) is 6.65. The van der Waals surface area contributed by atoms with E-state index in [2.05, 4.69) is 4.98 Å². The Morgan fingerprint density at radius 2 is 1.27 bits per heavy atom. The van der Waals surface area contributed by atoms with Gasteiger partial charge in [-0.15, -0.1) is 0 Å². The van der Waals surface area contributed by atoms with Crippen molar-refractivity contribution in [3.8, 4) is 0 Å². The van der Waals surface area contributed by atoms with E-state index >= 15 is 0 Å². The number of benzene rings is 5. The van der Waals surface area contributed by atoms with Gasteiger partial charge in [0, 0.05) is 12.0 Å². The zero-order chi connectivity index (χ0) is 37.9. The predicted octanol–water partition coefficient (Wildman–Crippen LogP) is 5.17. The maximum Gasteiger partial charge on any atom is 0.333 e. The van der Waals surface area contributed by atoms with Gasteiger partial charge in [-0.2, -0.15) is 5.10 Å². The van der Waals surface area contributed by atoms with Gasteiger partial charge in [-0.1, -0.05) is 133 Å². The molecule has 0 unspecified atom stereocenters. The molecule has 5 aromatic carbocycles. The minimum absolute atomic E-state index is 0.0860. The van der Waals surface area contributed by atoms with Crippen molar-refractivity contribution in [2.45, 2.75) is 31.5 Å². The van der Waals surface area contributed by atoms with Gasteiger partial charge in [-0.3, -0.25) is 18.7 Å². The van der Waals surface area contributed by atoms with Crippen LogP contribution in [0.2, 0.25) is 0 Å². The van der Waals surface area contributed by atoms with Crippen molar-refractivity contribution in [3.63, 3.8) is 0 Å². The molecule has 8 aromatic rings. The van der Waals surface area contributed by atoms with E-state index in [0.717, 1.165) is 32.4 Å². The van der Waals surface area contributed by atoms with E-state index in [-0.39, 0.29) is 36.2 Å². The van der Waals surface area contributed by atoms with Crippen molar-refractivity contribution >= 4 is 17.1 Å². The second-order valence-corrected chi connectivity index (χ2v) is 13.3. The second kappa shape index (κ2) is 14.7. The molecule has 8 rings (SSSR count). The summed E-state index contributed by atoms with van der Waals surface area (Å²) >= 11 is 0. The molecule has 0 aliphatic heterocycles. The Kier molecular flexibility index (Phi) is 9.29. The average Bonchev–Trinajstić information content (AvgIpc) is 3.86. The first-order valence-electron chi connectivity index (χ1n) is 17.7. The largest absolute Gasteiger partial charge is 0.369 e. The van der Waals surface area contributed by atoms with Crippen LogP contribution in [0.4, 0.5) is 4.39 Å². The maximum atomic E-state index is 14.9. The van der Waals surface area contributed by atoms with Crippen molar-refractivity contribution in [2.24, 2.45) is 5.73 Å². The van der Waals surface area contributed by atoms with Gasteiger partial charge >= 0.3 is 5.69 Å². The number of nitrogens with two attached hydrogens (primary N) is 1. The minimum atomic E-state index is -0.939. The van der Waals surface area contributed by atoms with Crippen LogP contribution in [0.25, 0.3) is 11.2 Å². The van der Waals surface area contributed by atoms with Crippen LogP contribution in [-0.4, -0.2) is 39.8 Å². The number of halogens is 1. The molecule has 3 heterocycles. The Morgan fingerprint density at radius 1 is 0.709 bits per heavy atom. The molecule has 0 bridgehead atoms. The van der Waals surface area contributed by atoms with Gasteiger partial charge in [-0.05, 0) is 33.9 Å². The summed E-state index contributed by atoms with van der Waals surface area (Å²) in [6.07, 6.45) is 2.07. The number of nitrogens with one attached hydrogen (secondary N) is 1. The van der Waals surface area contributed by atoms with E-state index in [1.165, 1.54) is 16.7 Å². The lowest BCUT2D eigenvalue weighted by Gasteiger charge is -2.35. The first kappa shape index (κ1) is 34.9. The monoisotopic (exact) mass is 730 g/mol. The van der Waals surface area contributed by atoms with Gasteiger partial charge in [0.15, 0.2) is 11.5 Å². The topological polar surface area (TPSA) is 146 Å². The summed E-state index contributed by atoms with van der Waals surface area (Å²) in [5.74, 6) is -0.243. The number of aromatic nitrogens is 7. The molecule has 0 radical (unpaired) electrons. The zero-order valence-electron chi connectivity index (χ0n) is 29.5. The number of primary amides is 1. The quantitative estimate of drug-likeness (QED) is 0.166. The first-order valence-corrected chi connectivity index (χ1v) is 17.7. The van der Waals surface area contributed by atoms with Crippen LogP contribution < -0.4 is 17.0 Å². The van der Waals surface area contributed by atoms with Gasteiger partial charge in [0.25, 0.3) is 5.56 Å². The number of aromatic amines is 1. The number of nitrogens with zero attached hydrogens (tertiary/aromatic N) is 6. The molecule has 0 saturated carbocycles. The van der Waals surface area contributed by atoms with Gasteiger partial charge < -0.3 is 10.7 Å². The molecule has 272 valence electrons. The van der Waals surface area contributed by atoms with Crippen LogP contribution in [0.3, 0.4) is 0 Å². The van der Waals surface area contributed by atoms with Crippen molar-refractivity contribution in [2.75, 3.05) is 0 Å². The highest BCUT2D eigenvalue weighted by Crippen LogP contribution is 2.40. The number of carbonyl (C=O) groups is 1. The van der Waals surface area contributed by atoms with Gasteiger partial charge in [0.1, 0.15) is 29.0 Å². The van der Waals surface area contributed by atoms with Crippen LogP contribution in [0.5, 0.6) is 0 Å². The molecule has 3 N–H and O–H groups in total. The van der Waals surface area contributed by atoms with Crippen molar-refractivity contribution in [3.05, 3.63) is 218 Å². The predicted molar refractivity (Wildman–Crippen MR) is 206 cm³/mol. The highest BCUT2D eigenvalue weighted by Gasteiger charge is 2.39. The van der Waals surface area contributed by atoms with E-state index in [1.807, 2.05) is 115 Å². The lowest BCUT2D eigenvalue weighted by Crippen LogP contribution is -2.41. The fourth-order valence-electron chi connectivity index (χ4n) is 7.15.